The molecule has 0 atom stereocenters. The summed E-state index contributed by atoms with van der Waals surface area (Å²) in [6, 6.07) is 12.4. The van der Waals surface area contributed by atoms with Crippen LogP contribution in [0.4, 0.5) is 11.4 Å². The van der Waals surface area contributed by atoms with Crippen LogP contribution >= 0.6 is 11.6 Å². The molecule has 1 aromatic heterocycles. The van der Waals surface area contributed by atoms with Crippen LogP contribution in [0.3, 0.4) is 0 Å². The highest BCUT2D eigenvalue weighted by molar-refractivity contribution is 6.30. The maximum absolute atomic E-state index is 6.16. The molecule has 0 radical (unpaired) electrons. The topological polar surface area (TPSA) is 28.2 Å². The molecule has 0 unspecified atom stereocenters. The first-order valence-corrected chi connectivity index (χ1v) is 6.89. The standard InChI is InChI=1S/C15H16ClN3/c16-15-12(5-3-8-18-15)11-19-10-4-9-17-13-6-1-2-7-14(13)19/h1-3,5-8,17H,4,9-11H2. The zero-order valence-electron chi connectivity index (χ0n) is 10.6. The largest absolute Gasteiger partial charge is 0.383 e. The molecule has 19 heavy (non-hydrogen) atoms. The number of nitrogens with one attached hydrogen (secondary N) is 1. The fourth-order valence-electron chi connectivity index (χ4n) is 2.42. The second-order valence-electron chi connectivity index (χ2n) is 4.67. The number of fused-ring (bicyclic) bond motifs is 1. The Labute approximate surface area is 118 Å². The van der Waals surface area contributed by atoms with Gasteiger partial charge in [0.25, 0.3) is 0 Å². The van der Waals surface area contributed by atoms with E-state index in [1.165, 1.54) is 11.4 Å². The van der Waals surface area contributed by atoms with Gasteiger partial charge in [0.2, 0.25) is 0 Å². The van der Waals surface area contributed by atoms with E-state index in [0.717, 1.165) is 31.6 Å². The highest BCUT2D eigenvalue weighted by Crippen LogP contribution is 2.29. The van der Waals surface area contributed by atoms with Gasteiger partial charge >= 0.3 is 0 Å². The Kier molecular flexibility index (Phi) is 3.56. The van der Waals surface area contributed by atoms with E-state index in [2.05, 4.69) is 39.5 Å². The Morgan fingerprint density at radius 2 is 2.11 bits per heavy atom. The summed E-state index contributed by atoms with van der Waals surface area (Å²) in [6.07, 6.45) is 2.84. The van der Waals surface area contributed by atoms with Crippen molar-refractivity contribution in [3.8, 4) is 0 Å². The average Bonchev–Trinajstić information content (AvgIpc) is 2.64. The third-order valence-corrected chi connectivity index (χ3v) is 3.70. The Balaban J connectivity index is 1.91. The summed E-state index contributed by atoms with van der Waals surface area (Å²) in [4.78, 5) is 6.51. The van der Waals surface area contributed by atoms with Gasteiger partial charge < -0.3 is 10.2 Å². The summed E-state index contributed by atoms with van der Waals surface area (Å²) < 4.78 is 0. The minimum atomic E-state index is 0.595. The molecule has 0 saturated carbocycles. The maximum atomic E-state index is 6.16. The van der Waals surface area contributed by atoms with Crippen molar-refractivity contribution in [2.24, 2.45) is 0 Å². The van der Waals surface area contributed by atoms with Crippen LogP contribution in [0.25, 0.3) is 0 Å². The predicted octanol–water partition coefficient (Wildman–Crippen LogP) is 3.56. The van der Waals surface area contributed by atoms with Crippen LogP contribution in [-0.2, 0) is 6.54 Å². The molecule has 3 nitrogen and oxygen atoms in total. The van der Waals surface area contributed by atoms with Gasteiger partial charge in [-0.2, -0.15) is 0 Å². The Hall–Kier alpha value is -1.74. The van der Waals surface area contributed by atoms with Gasteiger partial charge in [0.1, 0.15) is 5.15 Å². The molecule has 0 fully saturated rings. The van der Waals surface area contributed by atoms with E-state index in [9.17, 15) is 0 Å². The fraction of sp³-hybridized carbons (Fsp3) is 0.267. The van der Waals surface area contributed by atoms with Gasteiger partial charge in [0.05, 0.1) is 11.4 Å². The number of nitrogens with zero attached hydrogens (tertiary/aromatic N) is 2. The molecular formula is C15H16ClN3. The Morgan fingerprint density at radius 3 is 3.00 bits per heavy atom. The lowest BCUT2D eigenvalue weighted by Crippen LogP contribution is -2.23. The fourth-order valence-corrected chi connectivity index (χ4v) is 2.60. The third-order valence-electron chi connectivity index (χ3n) is 3.36. The second-order valence-corrected chi connectivity index (χ2v) is 5.03. The lowest BCUT2D eigenvalue weighted by atomic mass is 10.2. The minimum absolute atomic E-state index is 0.595. The van der Waals surface area contributed by atoms with Crippen molar-refractivity contribution >= 4 is 23.0 Å². The van der Waals surface area contributed by atoms with E-state index in [4.69, 9.17) is 11.6 Å². The predicted molar refractivity (Wildman–Crippen MR) is 79.8 cm³/mol. The highest BCUT2D eigenvalue weighted by Gasteiger charge is 2.15. The first-order valence-electron chi connectivity index (χ1n) is 6.52. The van der Waals surface area contributed by atoms with E-state index in [-0.39, 0.29) is 0 Å². The molecule has 2 aromatic rings. The quantitative estimate of drug-likeness (QED) is 0.848. The molecule has 3 rings (SSSR count). The van der Waals surface area contributed by atoms with Gasteiger partial charge in [0, 0.05) is 31.4 Å². The third kappa shape index (κ3) is 2.66. The minimum Gasteiger partial charge on any atom is -0.383 e. The van der Waals surface area contributed by atoms with Crippen LogP contribution in [0.5, 0.6) is 0 Å². The lowest BCUT2D eigenvalue weighted by Gasteiger charge is -2.24. The normalized spacial score (nSPS) is 14.5. The number of benzene rings is 1. The van der Waals surface area contributed by atoms with Crippen molar-refractivity contribution in [2.45, 2.75) is 13.0 Å². The van der Waals surface area contributed by atoms with Crippen LogP contribution in [0, 0.1) is 0 Å². The van der Waals surface area contributed by atoms with Crippen LogP contribution in [-0.4, -0.2) is 18.1 Å². The lowest BCUT2D eigenvalue weighted by molar-refractivity contribution is 0.762. The number of hydrogen-bond donors (Lipinski definition) is 1. The van der Waals surface area contributed by atoms with Crippen molar-refractivity contribution in [3.63, 3.8) is 0 Å². The molecule has 1 aliphatic heterocycles. The summed E-state index contributed by atoms with van der Waals surface area (Å²) in [5, 5.41) is 4.06. The monoisotopic (exact) mass is 273 g/mol. The molecule has 0 saturated heterocycles. The van der Waals surface area contributed by atoms with Crippen molar-refractivity contribution in [1.82, 2.24) is 4.98 Å². The summed E-state index contributed by atoms with van der Waals surface area (Å²) >= 11 is 6.16. The van der Waals surface area contributed by atoms with Gasteiger partial charge in [-0.1, -0.05) is 29.8 Å². The number of para-hydroxylation sites is 2. The Morgan fingerprint density at radius 1 is 1.21 bits per heavy atom. The van der Waals surface area contributed by atoms with Crippen LogP contribution in [0.15, 0.2) is 42.6 Å². The zero-order chi connectivity index (χ0) is 13.1. The number of aromatic nitrogens is 1. The van der Waals surface area contributed by atoms with Gasteiger partial charge in [-0.25, -0.2) is 4.98 Å². The van der Waals surface area contributed by atoms with Gasteiger partial charge in [-0.15, -0.1) is 0 Å². The molecule has 2 heterocycles. The smallest absolute Gasteiger partial charge is 0.133 e. The van der Waals surface area contributed by atoms with Gasteiger partial charge in [-0.05, 0) is 24.6 Å². The number of hydrogen-bond acceptors (Lipinski definition) is 3. The van der Waals surface area contributed by atoms with Crippen molar-refractivity contribution < 1.29 is 0 Å². The number of halogens is 1. The second kappa shape index (κ2) is 5.49. The molecule has 1 aliphatic rings. The first kappa shape index (κ1) is 12.3. The SMILES string of the molecule is Clc1ncccc1CN1CCCNc2ccccc21. The summed E-state index contributed by atoms with van der Waals surface area (Å²) in [7, 11) is 0. The van der Waals surface area contributed by atoms with Gasteiger partial charge in [-0.3, -0.25) is 0 Å². The Bertz CT molecular complexity index is 571. The highest BCUT2D eigenvalue weighted by atomic mass is 35.5. The number of pyridine rings is 1. The molecule has 1 N–H and O–H groups in total. The molecule has 0 amide bonds. The average molecular weight is 274 g/mol. The zero-order valence-corrected chi connectivity index (χ0v) is 11.4. The molecular weight excluding hydrogens is 258 g/mol. The molecule has 0 aliphatic carbocycles. The van der Waals surface area contributed by atoms with Crippen molar-refractivity contribution in [1.29, 1.82) is 0 Å². The van der Waals surface area contributed by atoms with Crippen molar-refractivity contribution in [3.05, 3.63) is 53.3 Å². The van der Waals surface area contributed by atoms with Crippen LogP contribution in [0.1, 0.15) is 12.0 Å². The van der Waals surface area contributed by atoms with E-state index in [0.29, 0.717) is 5.15 Å². The van der Waals surface area contributed by atoms with E-state index >= 15 is 0 Å². The van der Waals surface area contributed by atoms with Crippen molar-refractivity contribution in [2.75, 3.05) is 23.3 Å². The van der Waals surface area contributed by atoms with E-state index < -0.39 is 0 Å². The van der Waals surface area contributed by atoms with E-state index in [1.807, 2.05) is 12.1 Å². The molecule has 0 bridgehead atoms. The number of rotatable bonds is 2. The molecule has 0 spiro atoms. The summed E-state index contributed by atoms with van der Waals surface area (Å²) in [5.74, 6) is 0. The molecule has 4 heteroatoms. The summed E-state index contributed by atoms with van der Waals surface area (Å²) in [5.41, 5.74) is 3.50. The summed E-state index contributed by atoms with van der Waals surface area (Å²) in [6.45, 7) is 2.83. The van der Waals surface area contributed by atoms with Crippen LogP contribution < -0.4 is 10.2 Å². The molecule has 98 valence electrons. The molecule has 1 aromatic carbocycles. The number of anilines is 2. The maximum Gasteiger partial charge on any atom is 0.133 e. The van der Waals surface area contributed by atoms with E-state index in [1.54, 1.807) is 6.20 Å². The first-order chi connectivity index (χ1) is 9.34. The van der Waals surface area contributed by atoms with Gasteiger partial charge in [0.15, 0.2) is 0 Å². The van der Waals surface area contributed by atoms with Crippen LogP contribution in [0.2, 0.25) is 5.15 Å².